The van der Waals surface area contributed by atoms with Gasteiger partial charge in [0.05, 0.1) is 22.7 Å². The van der Waals surface area contributed by atoms with Gasteiger partial charge in [0.1, 0.15) is 0 Å². The molecule has 0 spiro atoms. The lowest BCUT2D eigenvalue weighted by atomic mass is 9.97. The van der Waals surface area contributed by atoms with Crippen LogP contribution in [0.2, 0.25) is 0 Å². The molecule has 0 aliphatic carbocycles. The molecule has 0 bridgehead atoms. The molecule has 0 aromatic heterocycles. The van der Waals surface area contributed by atoms with Crippen LogP contribution in [-0.2, 0) is 24.3 Å². The van der Waals surface area contributed by atoms with Gasteiger partial charge in [0, 0.05) is 25.2 Å². The van der Waals surface area contributed by atoms with E-state index in [9.17, 15) is 18.0 Å². The Labute approximate surface area is 184 Å². The number of amides is 1. The zero-order valence-corrected chi connectivity index (χ0v) is 19.4. The molecule has 2 saturated heterocycles. The lowest BCUT2D eigenvalue weighted by Gasteiger charge is -2.38. The lowest BCUT2D eigenvalue weighted by Crippen LogP contribution is -2.49. The van der Waals surface area contributed by atoms with E-state index in [2.05, 4.69) is 0 Å². The Kier molecular flexibility index (Phi) is 7.39. The van der Waals surface area contributed by atoms with Gasteiger partial charge in [0.25, 0.3) is 5.91 Å². The minimum absolute atomic E-state index is 0.109. The molecule has 3 rings (SSSR count). The maximum atomic E-state index is 12.9. The summed E-state index contributed by atoms with van der Waals surface area (Å²) in [5.41, 5.74) is 0.204. The molecule has 1 aromatic carbocycles. The van der Waals surface area contributed by atoms with E-state index in [1.807, 2.05) is 27.7 Å². The molecule has 4 atom stereocenters. The Hall–Kier alpha value is -1.97. The standard InChI is InChI=1S/C22H32N2O6S/c1-15-6-5-7-16(2)24(15)21(25)14-29-22(26)19-8-10-20(11-9-19)31(27,28)23-12-17(3)30-18(4)13-23/h8-11,15-18H,5-7,12-14H2,1-4H3. The van der Waals surface area contributed by atoms with Crippen LogP contribution in [-0.4, -0.2) is 73.5 Å². The fourth-order valence-electron chi connectivity index (χ4n) is 4.44. The third-order valence-corrected chi connectivity index (χ3v) is 7.77. The fourth-order valence-corrected chi connectivity index (χ4v) is 6.03. The molecule has 8 nitrogen and oxygen atoms in total. The average Bonchev–Trinajstić information content (AvgIpc) is 2.71. The van der Waals surface area contributed by atoms with Crippen LogP contribution in [0.4, 0.5) is 0 Å². The highest BCUT2D eigenvalue weighted by Crippen LogP contribution is 2.23. The van der Waals surface area contributed by atoms with Crippen LogP contribution >= 0.6 is 0 Å². The highest BCUT2D eigenvalue weighted by atomic mass is 32.2. The molecule has 0 radical (unpaired) electrons. The SMILES string of the molecule is CC1CN(S(=O)(=O)c2ccc(C(=O)OCC(=O)N3C(C)CCCC3C)cc2)CC(C)O1. The summed E-state index contributed by atoms with van der Waals surface area (Å²) >= 11 is 0. The maximum absolute atomic E-state index is 12.9. The maximum Gasteiger partial charge on any atom is 0.338 e. The minimum atomic E-state index is -3.68. The largest absolute Gasteiger partial charge is 0.452 e. The van der Waals surface area contributed by atoms with Gasteiger partial charge in [0.2, 0.25) is 10.0 Å². The third kappa shape index (κ3) is 5.45. The van der Waals surface area contributed by atoms with Gasteiger partial charge >= 0.3 is 5.97 Å². The van der Waals surface area contributed by atoms with Crippen molar-refractivity contribution in [3.05, 3.63) is 29.8 Å². The van der Waals surface area contributed by atoms with E-state index in [1.54, 1.807) is 4.90 Å². The van der Waals surface area contributed by atoms with Gasteiger partial charge in [-0.3, -0.25) is 4.79 Å². The number of hydrogen-bond acceptors (Lipinski definition) is 6. The van der Waals surface area contributed by atoms with Crippen molar-refractivity contribution in [2.45, 2.75) is 76.1 Å². The van der Waals surface area contributed by atoms with Crippen molar-refractivity contribution in [3.8, 4) is 0 Å². The predicted molar refractivity (Wildman–Crippen MR) is 115 cm³/mol. The Balaban J connectivity index is 1.61. The van der Waals surface area contributed by atoms with Crippen molar-refractivity contribution >= 4 is 21.9 Å². The second-order valence-electron chi connectivity index (χ2n) is 8.61. The molecular weight excluding hydrogens is 420 g/mol. The number of piperidine rings is 1. The van der Waals surface area contributed by atoms with Crippen LogP contribution in [0.5, 0.6) is 0 Å². The van der Waals surface area contributed by atoms with Crippen molar-refractivity contribution in [3.63, 3.8) is 0 Å². The van der Waals surface area contributed by atoms with E-state index >= 15 is 0 Å². The summed E-state index contributed by atoms with van der Waals surface area (Å²) in [5.74, 6) is -0.856. The number of carbonyl (C=O) groups excluding carboxylic acids is 2. The van der Waals surface area contributed by atoms with Gasteiger partial charge < -0.3 is 14.4 Å². The van der Waals surface area contributed by atoms with E-state index in [0.29, 0.717) is 0 Å². The summed E-state index contributed by atoms with van der Waals surface area (Å²) in [7, 11) is -3.68. The summed E-state index contributed by atoms with van der Waals surface area (Å²) in [6.07, 6.45) is 2.61. The zero-order chi connectivity index (χ0) is 22.8. The van der Waals surface area contributed by atoms with Gasteiger partial charge in [0.15, 0.2) is 6.61 Å². The number of likely N-dealkylation sites (tertiary alicyclic amines) is 1. The molecule has 1 aromatic rings. The molecule has 4 unspecified atom stereocenters. The summed E-state index contributed by atoms with van der Waals surface area (Å²) in [5, 5.41) is 0. The number of esters is 1. The molecule has 9 heteroatoms. The number of sulfonamides is 1. The predicted octanol–water partition coefficient (Wildman–Crippen LogP) is 2.43. The number of rotatable bonds is 5. The molecule has 2 heterocycles. The summed E-state index contributed by atoms with van der Waals surface area (Å²) in [6.45, 7) is 7.93. The molecule has 0 saturated carbocycles. The number of morpholine rings is 1. The first-order chi connectivity index (χ1) is 14.6. The summed E-state index contributed by atoms with van der Waals surface area (Å²) < 4.78 is 38.0. The van der Waals surface area contributed by atoms with Crippen LogP contribution in [0.15, 0.2) is 29.2 Å². The first kappa shape index (κ1) is 23.7. The van der Waals surface area contributed by atoms with Crippen molar-refractivity contribution in [1.29, 1.82) is 0 Å². The van der Waals surface area contributed by atoms with Gasteiger partial charge in [-0.25, -0.2) is 13.2 Å². The zero-order valence-electron chi connectivity index (χ0n) is 18.6. The van der Waals surface area contributed by atoms with Gasteiger partial charge in [-0.1, -0.05) is 0 Å². The van der Waals surface area contributed by atoms with Crippen LogP contribution in [0.1, 0.15) is 57.3 Å². The molecule has 2 aliphatic heterocycles. The quantitative estimate of drug-likeness (QED) is 0.637. The highest BCUT2D eigenvalue weighted by molar-refractivity contribution is 7.89. The molecule has 2 aliphatic rings. The monoisotopic (exact) mass is 452 g/mol. The number of hydrogen-bond donors (Lipinski definition) is 0. The highest BCUT2D eigenvalue weighted by Gasteiger charge is 2.32. The van der Waals surface area contributed by atoms with E-state index in [4.69, 9.17) is 9.47 Å². The first-order valence-corrected chi connectivity index (χ1v) is 12.3. The molecule has 0 N–H and O–H groups in total. The number of benzene rings is 1. The normalized spacial score (nSPS) is 27.7. The van der Waals surface area contributed by atoms with Crippen LogP contribution in [0, 0.1) is 0 Å². The fraction of sp³-hybridized carbons (Fsp3) is 0.636. The Morgan fingerprint density at radius 2 is 1.55 bits per heavy atom. The van der Waals surface area contributed by atoms with Crippen LogP contribution < -0.4 is 0 Å². The van der Waals surface area contributed by atoms with Gasteiger partial charge in [-0.2, -0.15) is 4.31 Å². The molecule has 2 fully saturated rings. The molecule has 172 valence electrons. The topological polar surface area (TPSA) is 93.2 Å². The molecule has 1 amide bonds. The second-order valence-corrected chi connectivity index (χ2v) is 10.5. The van der Waals surface area contributed by atoms with Crippen LogP contribution in [0.25, 0.3) is 0 Å². The van der Waals surface area contributed by atoms with Gasteiger partial charge in [-0.05, 0) is 71.2 Å². The third-order valence-electron chi connectivity index (χ3n) is 5.92. The minimum Gasteiger partial charge on any atom is -0.452 e. The smallest absolute Gasteiger partial charge is 0.338 e. The van der Waals surface area contributed by atoms with Gasteiger partial charge in [-0.15, -0.1) is 0 Å². The van der Waals surface area contributed by atoms with Crippen LogP contribution in [0.3, 0.4) is 0 Å². The van der Waals surface area contributed by atoms with E-state index in [1.165, 1.54) is 28.6 Å². The lowest BCUT2D eigenvalue weighted by molar-refractivity contribution is -0.140. The van der Waals surface area contributed by atoms with E-state index < -0.39 is 16.0 Å². The van der Waals surface area contributed by atoms with Crippen molar-refractivity contribution in [2.24, 2.45) is 0 Å². The second kappa shape index (κ2) is 9.67. The Bertz CT molecular complexity index is 881. The van der Waals surface area contributed by atoms with E-state index in [0.717, 1.165) is 19.3 Å². The molecule has 31 heavy (non-hydrogen) atoms. The van der Waals surface area contributed by atoms with Crippen molar-refractivity contribution < 1.29 is 27.5 Å². The van der Waals surface area contributed by atoms with Crippen molar-refractivity contribution in [2.75, 3.05) is 19.7 Å². The molecular formula is C22H32N2O6S. The number of nitrogens with zero attached hydrogens (tertiary/aromatic N) is 2. The Morgan fingerprint density at radius 3 is 2.10 bits per heavy atom. The van der Waals surface area contributed by atoms with Crippen molar-refractivity contribution in [1.82, 2.24) is 9.21 Å². The number of ether oxygens (including phenoxy) is 2. The summed E-state index contributed by atoms with van der Waals surface area (Å²) in [4.78, 5) is 26.8. The van der Waals surface area contributed by atoms with E-state index in [-0.39, 0.29) is 60.4 Å². The Morgan fingerprint density at radius 1 is 1.00 bits per heavy atom. The first-order valence-electron chi connectivity index (χ1n) is 10.8. The average molecular weight is 453 g/mol. The number of carbonyl (C=O) groups is 2. The summed E-state index contributed by atoms with van der Waals surface area (Å²) in [6, 6.07) is 5.88.